The number of hydrogen-bond acceptors (Lipinski definition) is 0. The molecule has 0 fully saturated rings. The van der Waals surface area contributed by atoms with Crippen molar-refractivity contribution in [3.63, 3.8) is 0 Å². The van der Waals surface area contributed by atoms with Gasteiger partial charge >= 0.3 is 0 Å². The van der Waals surface area contributed by atoms with Crippen molar-refractivity contribution in [1.82, 2.24) is 0 Å². The topological polar surface area (TPSA) is 0 Å². The zero-order valence-electron chi connectivity index (χ0n) is 4.67. The Balaban J connectivity index is 3.31. The molecule has 0 heterocycles. The molecule has 0 aromatic heterocycles. The van der Waals surface area contributed by atoms with Crippen LogP contribution in [0, 0.1) is 11.6 Å². The summed E-state index contributed by atoms with van der Waals surface area (Å²) in [4.78, 5) is 0. The van der Waals surface area contributed by atoms with E-state index in [1.54, 1.807) is 0 Å². The van der Waals surface area contributed by atoms with Gasteiger partial charge in [0.2, 0.25) is 0 Å². The van der Waals surface area contributed by atoms with Gasteiger partial charge in [0.1, 0.15) is 11.6 Å². The minimum absolute atomic E-state index is 0.244. The predicted octanol–water partition coefficient (Wildman–Crippen LogP) is 3.49. The van der Waals surface area contributed by atoms with Gasteiger partial charge in [-0.2, -0.15) is 0 Å². The summed E-state index contributed by atoms with van der Waals surface area (Å²) in [6.07, 6.45) is 0. The average Bonchev–Trinajstić information content (AvgIpc) is 1.82. The van der Waals surface area contributed by atoms with Gasteiger partial charge in [-0.3, -0.25) is 0 Å². The predicted molar refractivity (Wildman–Crippen MR) is 41.8 cm³/mol. The first kappa shape index (κ1) is 8.14. The molecule has 0 unspecified atom stereocenters. The van der Waals surface area contributed by atoms with Crippen molar-refractivity contribution < 1.29 is 8.78 Å². The second-order valence-electron chi connectivity index (χ2n) is 1.68. The van der Waals surface area contributed by atoms with Crippen molar-refractivity contribution in [2.75, 3.05) is 0 Å². The third kappa shape index (κ3) is 1.55. The van der Waals surface area contributed by atoms with Crippen LogP contribution < -0.4 is 0 Å². The zero-order chi connectivity index (χ0) is 7.72. The van der Waals surface area contributed by atoms with Crippen LogP contribution in [0.2, 0.25) is 0 Å². The molecule has 0 saturated heterocycles. The largest absolute Gasteiger partial charge is 0.207 e. The molecule has 0 amide bonds. The molecular weight excluding hydrogens is 270 g/mol. The molecule has 10 heavy (non-hydrogen) atoms. The minimum Gasteiger partial charge on any atom is -0.207 e. The molecule has 0 bridgehead atoms. The van der Waals surface area contributed by atoms with Gasteiger partial charge in [-0.05, 0) is 37.9 Å². The Labute approximate surface area is 73.5 Å². The van der Waals surface area contributed by atoms with Crippen LogP contribution >= 0.6 is 31.9 Å². The number of benzene rings is 1. The molecule has 1 rings (SSSR count). The molecule has 0 aliphatic rings. The van der Waals surface area contributed by atoms with Crippen molar-refractivity contribution in [3.05, 3.63) is 32.7 Å². The van der Waals surface area contributed by atoms with Gasteiger partial charge in [0.25, 0.3) is 0 Å². The second-order valence-corrected chi connectivity index (χ2v) is 3.33. The van der Waals surface area contributed by atoms with E-state index in [1.165, 1.54) is 6.07 Å². The van der Waals surface area contributed by atoms with Gasteiger partial charge in [0.15, 0.2) is 0 Å². The Kier molecular flexibility index (Phi) is 2.41. The maximum Gasteiger partial charge on any atom is 0.141 e. The highest BCUT2D eigenvalue weighted by molar-refractivity contribution is 9.13. The summed E-state index contributed by atoms with van der Waals surface area (Å²) in [6, 6.07) is 2.00. The van der Waals surface area contributed by atoms with Crippen LogP contribution in [-0.2, 0) is 0 Å². The standard InChI is InChI=1S/C6H2Br2F2/c7-4-1-3(9)2-5(10)6(4)8/h1-2H. The van der Waals surface area contributed by atoms with Gasteiger partial charge in [-0.1, -0.05) is 0 Å². The molecule has 4 heteroatoms. The van der Waals surface area contributed by atoms with E-state index < -0.39 is 11.6 Å². The first-order valence-corrected chi connectivity index (χ1v) is 4.00. The monoisotopic (exact) mass is 270 g/mol. The average molecular weight is 272 g/mol. The lowest BCUT2D eigenvalue weighted by Crippen LogP contribution is -1.81. The third-order valence-electron chi connectivity index (χ3n) is 0.949. The van der Waals surface area contributed by atoms with E-state index in [2.05, 4.69) is 31.9 Å². The van der Waals surface area contributed by atoms with Crippen LogP contribution in [0.15, 0.2) is 21.1 Å². The fourth-order valence-corrected chi connectivity index (χ4v) is 1.16. The fourth-order valence-electron chi connectivity index (χ4n) is 0.525. The summed E-state index contributed by atoms with van der Waals surface area (Å²) in [7, 11) is 0. The van der Waals surface area contributed by atoms with Crippen LogP contribution in [0.1, 0.15) is 0 Å². The molecule has 1 aromatic rings. The number of rotatable bonds is 0. The molecule has 0 aliphatic carbocycles. The highest BCUT2D eigenvalue weighted by atomic mass is 79.9. The Morgan fingerprint density at radius 1 is 1.10 bits per heavy atom. The SMILES string of the molecule is Fc1cc(F)c(Br)c(Br)c1. The first-order chi connectivity index (χ1) is 4.61. The Morgan fingerprint density at radius 2 is 1.70 bits per heavy atom. The van der Waals surface area contributed by atoms with Crippen molar-refractivity contribution in [3.8, 4) is 0 Å². The Hall–Kier alpha value is 0.0400. The Morgan fingerprint density at radius 3 is 2.20 bits per heavy atom. The molecule has 54 valence electrons. The lowest BCUT2D eigenvalue weighted by molar-refractivity contribution is 0.577. The van der Waals surface area contributed by atoms with E-state index in [4.69, 9.17) is 0 Å². The van der Waals surface area contributed by atoms with Gasteiger partial charge in [-0.25, -0.2) is 8.78 Å². The summed E-state index contributed by atoms with van der Waals surface area (Å²) in [6.45, 7) is 0. The summed E-state index contributed by atoms with van der Waals surface area (Å²) in [5, 5.41) is 0. The fraction of sp³-hybridized carbons (Fsp3) is 0. The van der Waals surface area contributed by atoms with Crippen molar-refractivity contribution in [2.45, 2.75) is 0 Å². The van der Waals surface area contributed by atoms with E-state index in [9.17, 15) is 8.78 Å². The number of halogens is 4. The van der Waals surface area contributed by atoms with Crippen molar-refractivity contribution in [1.29, 1.82) is 0 Å². The molecule has 0 saturated carbocycles. The zero-order valence-corrected chi connectivity index (χ0v) is 7.84. The molecular formula is C6H2Br2F2. The van der Waals surface area contributed by atoms with Crippen molar-refractivity contribution in [2.24, 2.45) is 0 Å². The summed E-state index contributed by atoms with van der Waals surface area (Å²) < 4.78 is 25.5. The van der Waals surface area contributed by atoms with E-state index in [-0.39, 0.29) is 4.47 Å². The molecule has 0 N–H and O–H groups in total. The van der Waals surface area contributed by atoms with E-state index in [0.29, 0.717) is 4.47 Å². The first-order valence-electron chi connectivity index (χ1n) is 2.41. The van der Waals surface area contributed by atoms with Crippen LogP contribution in [0.3, 0.4) is 0 Å². The van der Waals surface area contributed by atoms with Crippen LogP contribution in [-0.4, -0.2) is 0 Å². The summed E-state index contributed by atoms with van der Waals surface area (Å²) >= 11 is 5.89. The van der Waals surface area contributed by atoms with Gasteiger partial charge in [0.05, 0.1) is 4.47 Å². The quantitative estimate of drug-likeness (QED) is 0.501. The molecule has 0 radical (unpaired) electrons. The highest BCUT2D eigenvalue weighted by Gasteiger charge is 2.04. The molecule has 0 spiro atoms. The molecule has 0 aliphatic heterocycles. The van der Waals surface area contributed by atoms with Gasteiger partial charge in [0, 0.05) is 10.5 Å². The maximum absolute atomic E-state index is 12.5. The van der Waals surface area contributed by atoms with Crippen LogP contribution in [0.5, 0.6) is 0 Å². The second kappa shape index (κ2) is 2.96. The lowest BCUT2D eigenvalue weighted by Gasteiger charge is -1.96. The van der Waals surface area contributed by atoms with Crippen LogP contribution in [0.4, 0.5) is 8.78 Å². The van der Waals surface area contributed by atoms with E-state index in [0.717, 1.165) is 6.07 Å². The van der Waals surface area contributed by atoms with Crippen LogP contribution in [0.25, 0.3) is 0 Å². The molecule has 0 atom stereocenters. The minimum atomic E-state index is -0.605. The summed E-state index contributed by atoms with van der Waals surface area (Å²) in [5.74, 6) is -1.19. The molecule has 1 aromatic carbocycles. The number of hydrogen-bond donors (Lipinski definition) is 0. The van der Waals surface area contributed by atoms with Gasteiger partial charge < -0.3 is 0 Å². The third-order valence-corrected chi connectivity index (χ3v) is 2.91. The van der Waals surface area contributed by atoms with Crippen molar-refractivity contribution >= 4 is 31.9 Å². The normalized spacial score (nSPS) is 10.0. The lowest BCUT2D eigenvalue weighted by atomic mass is 10.3. The van der Waals surface area contributed by atoms with E-state index in [1.807, 2.05) is 0 Å². The highest BCUT2D eigenvalue weighted by Crippen LogP contribution is 2.26. The Bertz CT molecular complexity index is 237. The van der Waals surface area contributed by atoms with E-state index >= 15 is 0 Å². The summed E-state index contributed by atoms with van der Waals surface area (Å²) in [5.41, 5.74) is 0. The molecule has 0 nitrogen and oxygen atoms in total. The maximum atomic E-state index is 12.5. The van der Waals surface area contributed by atoms with Gasteiger partial charge in [-0.15, -0.1) is 0 Å². The smallest absolute Gasteiger partial charge is 0.141 e.